The Morgan fingerprint density at radius 3 is 2.92 bits per heavy atom. The van der Waals surface area contributed by atoms with Gasteiger partial charge in [-0.3, -0.25) is 4.98 Å². The maximum atomic E-state index is 9.47. The van der Waals surface area contributed by atoms with Crippen LogP contribution >= 0.6 is 15.9 Å². The molecule has 1 unspecified atom stereocenters. The van der Waals surface area contributed by atoms with E-state index < -0.39 is 6.10 Å². The van der Waals surface area contributed by atoms with E-state index in [2.05, 4.69) is 20.9 Å². The van der Waals surface area contributed by atoms with Crippen molar-refractivity contribution in [2.24, 2.45) is 0 Å². The Kier molecular flexibility index (Phi) is 3.69. The molecule has 1 heterocycles. The first kappa shape index (κ1) is 9.68. The van der Waals surface area contributed by atoms with Gasteiger partial charge in [-0.1, -0.05) is 28.9 Å². The molecule has 3 heteroatoms. The lowest BCUT2D eigenvalue weighted by Gasteiger charge is -2.07. The van der Waals surface area contributed by atoms with Crippen molar-refractivity contribution in [3.05, 3.63) is 29.6 Å². The van der Waals surface area contributed by atoms with Crippen LogP contribution < -0.4 is 0 Å². The van der Waals surface area contributed by atoms with Crippen molar-refractivity contribution < 1.29 is 5.11 Å². The monoisotopic (exact) mass is 229 g/mol. The topological polar surface area (TPSA) is 33.1 Å². The fourth-order valence-corrected chi connectivity index (χ4v) is 1.28. The first-order valence-corrected chi connectivity index (χ1v) is 5.10. The molecule has 1 atom stereocenters. The highest BCUT2D eigenvalue weighted by Crippen LogP contribution is 2.14. The molecule has 1 aromatic heterocycles. The van der Waals surface area contributed by atoms with Gasteiger partial charge < -0.3 is 5.11 Å². The highest BCUT2D eigenvalue weighted by Gasteiger charge is 2.05. The number of aromatic nitrogens is 1. The van der Waals surface area contributed by atoms with Gasteiger partial charge in [0.15, 0.2) is 0 Å². The normalized spacial score (nSPS) is 12.9. The van der Waals surface area contributed by atoms with Gasteiger partial charge in [0.2, 0.25) is 0 Å². The van der Waals surface area contributed by atoms with Gasteiger partial charge in [0.25, 0.3) is 0 Å². The zero-order chi connectivity index (χ0) is 8.97. The molecule has 1 rings (SSSR count). The minimum Gasteiger partial charge on any atom is -0.387 e. The molecule has 0 fully saturated rings. The van der Waals surface area contributed by atoms with Gasteiger partial charge in [0.05, 0.1) is 17.5 Å². The van der Waals surface area contributed by atoms with E-state index >= 15 is 0 Å². The standard InChI is InChI=1S/C9H12BrNO/c1-2-9(12)8-5-3-4-7(6-10)11-8/h3-5,9,12H,2,6H2,1H3. The molecule has 0 radical (unpaired) electrons. The maximum absolute atomic E-state index is 9.47. The molecule has 0 saturated heterocycles. The lowest BCUT2D eigenvalue weighted by molar-refractivity contribution is 0.168. The average Bonchev–Trinajstić information content (AvgIpc) is 2.17. The molecular weight excluding hydrogens is 218 g/mol. The second-order valence-electron chi connectivity index (χ2n) is 2.61. The van der Waals surface area contributed by atoms with E-state index in [0.717, 1.165) is 16.7 Å². The van der Waals surface area contributed by atoms with Crippen molar-refractivity contribution in [1.29, 1.82) is 0 Å². The summed E-state index contributed by atoms with van der Waals surface area (Å²) in [6.45, 7) is 1.94. The molecule has 0 aliphatic rings. The number of alkyl halides is 1. The number of aliphatic hydroxyl groups excluding tert-OH is 1. The number of nitrogens with zero attached hydrogens (tertiary/aromatic N) is 1. The Morgan fingerprint density at radius 1 is 1.58 bits per heavy atom. The molecule has 1 aromatic rings. The van der Waals surface area contributed by atoms with E-state index in [-0.39, 0.29) is 0 Å². The summed E-state index contributed by atoms with van der Waals surface area (Å²) < 4.78 is 0. The second kappa shape index (κ2) is 4.58. The lowest BCUT2D eigenvalue weighted by atomic mass is 10.2. The predicted molar refractivity (Wildman–Crippen MR) is 52.1 cm³/mol. The number of hydrogen-bond acceptors (Lipinski definition) is 2. The molecule has 12 heavy (non-hydrogen) atoms. The van der Waals surface area contributed by atoms with Crippen LogP contribution in [0.15, 0.2) is 18.2 Å². The Balaban J connectivity index is 2.86. The third kappa shape index (κ3) is 2.29. The molecule has 0 aromatic carbocycles. The summed E-state index contributed by atoms with van der Waals surface area (Å²) in [7, 11) is 0. The first-order valence-electron chi connectivity index (χ1n) is 3.97. The van der Waals surface area contributed by atoms with Crippen LogP contribution in [0, 0.1) is 0 Å². The number of aliphatic hydroxyl groups is 1. The maximum Gasteiger partial charge on any atom is 0.0957 e. The summed E-state index contributed by atoms with van der Waals surface area (Å²) in [6.07, 6.45) is 0.280. The van der Waals surface area contributed by atoms with Gasteiger partial charge in [-0.2, -0.15) is 0 Å². The van der Waals surface area contributed by atoms with Gasteiger partial charge in [0.1, 0.15) is 0 Å². The molecular formula is C9H12BrNO. The number of halogens is 1. The summed E-state index contributed by atoms with van der Waals surface area (Å²) in [4.78, 5) is 4.27. The van der Waals surface area contributed by atoms with Crippen LogP contribution in [0.3, 0.4) is 0 Å². The fourth-order valence-electron chi connectivity index (χ4n) is 0.967. The van der Waals surface area contributed by atoms with Crippen LogP contribution in [0.25, 0.3) is 0 Å². The van der Waals surface area contributed by atoms with Crippen LogP contribution in [0.1, 0.15) is 30.8 Å². The van der Waals surface area contributed by atoms with Crippen LogP contribution in [-0.2, 0) is 5.33 Å². The Morgan fingerprint density at radius 2 is 2.33 bits per heavy atom. The molecule has 1 N–H and O–H groups in total. The Hall–Kier alpha value is -0.410. The number of hydrogen-bond donors (Lipinski definition) is 1. The quantitative estimate of drug-likeness (QED) is 0.809. The molecule has 0 aliphatic heterocycles. The highest BCUT2D eigenvalue weighted by atomic mass is 79.9. The summed E-state index contributed by atoms with van der Waals surface area (Å²) in [5.74, 6) is 0. The van der Waals surface area contributed by atoms with Gasteiger partial charge in [-0.05, 0) is 18.6 Å². The van der Waals surface area contributed by atoms with Gasteiger partial charge in [-0.25, -0.2) is 0 Å². The van der Waals surface area contributed by atoms with Crippen molar-refractivity contribution in [2.45, 2.75) is 24.8 Å². The van der Waals surface area contributed by atoms with Crippen molar-refractivity contribution in [1.82, 2.24) is 4.98 Å². The second-order valence-corrected chi connectivity index (χ2v) is 3.17. The van der Waals surface area contributed by atoms with Crippen LogP contribution in [0.2, 0.25) is 0 Å². The SMILES string of the molecule is CCC(O)c1cccc(CBr)n1. The highest BCUT2D eigenvalue weighted by molar-refractivity contribution is 9.08. The van der Waals surface area contributed by atoms with Crippen molar-refractivity contribution in [2.75, 3.05) is 0 Å². The van der Waals surface area contributed by atoms with E-state index in [4.69, 9.17) is 0 Å². The number of rotatable bonds is 3. The van der Waals surface area contributed by atoms with Crippen LogP contribution in [0.5, 0.6) is 0 Å². The van der Waals surface area contributed by atoms with E-state index in [9.17, 15) is 5.11 Å². The van der Waals surface area contributed by atoms with Gasteiger partial charge in [-0.15, -0.1) is 0 Å². The predicted octanol–water partition coefficient (Wildman–Crippen LogP) is 2.42. The molecule has 0 saturated carbocycles. The van der Waals surface area contributed by atoms with E-state index in [1.807, 2.05) is 25.1 Å². The lowest BCUT2D eigenvalue weighted by Crippen LogP contribution is -2.00. The summed E-state index contributed by atoms with van der Waals surface area (Å²) >= 11 is 3.32. The smallest absolute Gasteiger partial charge is 0.0957 e. The third-order valence-electron chi connectivity index (χ3n) is 1.69. The molecule has 2 nitrogen and oxygen atoms in total. The molecule has 0 bridgehead atoms. The van der Waals surface area contributed by atoms with E-state index in [0.29, 0.717) is 6.42 Å². The average molecular weight is 230 g/mol. The molecule has 0 spiro atoms. The van der Waals surface area contributed by atoms with E-state index in [1.54, 1.807) is 0 Å². The van der Waals surface area contributed by atoms with Crippen molar-refractivity contribution in [3.8, 4) is 0 Å². The van der Waals surface area contributed by atoms with Crippen LogP contribution in [-0.4, -0.2) is 10.1 Å². The van der Waals surface area contributed by atoms with Gasteiger partial charge in [0, 0.05) is 5.33 Å². The largest absolute Gasteiger partial charge is 0.387 e. The summed E-state index contributed by atoms with van der Waals surface area (Å²) in [5.41, 5.74) is 1.72. The van der Waals surface area contributed by atoms with Crippen molar-refractivity contribution in [3.63, 3.8) is 0 Å². The zero-order valence-electron chi connectivity index (χ0n) is 7.00. The summed E-state index contributed by atoms with van der Waals surface area (Å²) in [5, 5.41) is 10.2. The Bertz CT molecular complexity index is 252. The third-order valence-corrected chi connectivity index (χ3v) is 2.27. The Labute approximate surface area is 80.8 Å². The van der Waals surface area contributed by atoms with Crippen molar-refractivity contribution >= 4 is 15.9 Å². The minimum absolute atomic E-state index is 0.427. The fraction of sp³-hybridized carbons (Fsp3) is 0.444. The van der Waals surface area contributed by atoms with E-state index in [1.165, 1.54) is 0 Å². The number of pyridine rings is 1. The van der Waals surface area contributed by atoms with Gasteiger partial charge >= 0.3 is 0 Å². The molecule has 66 valence electrons. The first-order chi connectivity index (χ1) is 5.77. The van der Waals surface area contributed by atoms with Crippen LogP contribution in [0.4, 0.5) is 0 Å². The summed E-state index contributed by atoms with van der Waals surface area (Å²) in [6, 6.07) is 5.69. The molecule has 0 amide bonds. The molecule has 0 aliphatic carbocycles. The minimum atomic E-state index is -0.427. The zero-order valence-corrected chi connectivity index (χ0v) is 8.58.